The largest absolute Gasteiger partial charge is 0.494 e. The van der Waals surface area contributed by atoms with E-state index in [1.54, 1.807) is 78.9 Å². The normalized spacial score (nSPS) is 16.5. The number of nitrogens with one attached hydrogen (secondary N) is 1. The molecule has 0 spiro atoms. The molecule has 17 nitrogen and oxygen atoms in total. The summed E-state index contributed by atoms with van der Waals surface area (Å²) in [6.07, 6.45) is 14.2. The van der Waals surface area contributed by atoms with Gasteiger partial charge >= 0.3 is 35.8 Å². The van der Waals surface area contributed by atoms with Crippen LogP contribution < -0.4 is 34.2 Å². The summed E-state index contributed by atoms with van der Waals surface area (Å²) in [5, 5.41) is 10.1. The summed E-state index contributed by atoms with van der Waals surface area (Å²) < 4.78 is 45.7. The Morgan fingerprint density at radius 2 is 0.915 bits per heavy atom. The number of rotatable bonds is 27. The van der Waals surface area contributed by atoms with Crippen LogP contribution in [-0.4, -0.2) is 73.4 Å². The third-order valence-corrected chi connectivity index (χ3v) is 15.0. The maximum atomic E-state index is 13.4. The zero-order chi connectivity index (χ0) is 58.1. The third-order valence-electron chi connectivity index (χ3n) is 14.1. The predicted octanol–water partition coefficient (Wildman–Crippen LogP) is 12.7. The molecule has 82 heavy (non-hydrogen) atoms. The van der Waals surface area contributed by atoms with Crippen LogP contribution in [0.2, 0.25) is 0 Å². The van der Waals surface area contributed by atoms with Crippen molar-refractivity contribution < 1.29 is 66.7 Å². The van der Waals surface area contributed by atoms with Gasteiger partial charge in [-0.2, -0.15) is 0 Å². The average Bonchev–Trinajstić information content (AvgIpc) is 3.91. The fraction of sp³-hybridized carbons (Fsp3) is 0.375. The number of carbonyl (C=O) groups excluding carboxylic acids is 6. The fourth-order valence-electron chi connectivity index (χ4n) is 9.51. The summed E-state index contributed by atoms with van der Waals surface area (Å²) in [5.74, 6) is -1.05. The van der Waals surface area contributed by atoms with E-state index < -0.39 is 23.8 Å². The monoisotopic (exact) mass is 1140 g/mol. The van der Waals surface area contributed by atoms with Gasteiger partial charge in [0.05, 0.1) is 60.3 Å². The Labute approximate surface area is 481 Å². The van der Waals surface area contributed by atoms with Gasteiger partial charge in [0.15, 0.2) is 5.13 Å². The first-order chi connectivity index (χ1) is 39.9. The van der Waals surface area contributed by atoms with Gasteiger partial charge in [-0.15, -0.1) is 0 Å². The van der Waals surface area contributed by atoms with Crippen molar-refractivity contribution in [1.82, 2.24) is 4.98 Å². The molecule has 2 saturated carbocycles. The van der Waals surface area contributed by atoms with E-state index in [0.717, 1.165) is 85.3 Å². The zero-order valence-electron chi connectivity index (χ0n) is 46.1. The number of fused-ring (bicyclic) bond motifs is 2. The lowest BCUT2D eigenvalue weighted by Crippen LogP contribution is -2.30. The van der Waals surface area contributed by atoms with E-state index in [-0.39, 0.29) is 41.4 Å². The van der Waals surface area contributed by atoms with Crippen molar-refractivity contribution in [3.63, 3.8) is 0 Å². The van der Waals surface area contributed by atoms with Crippen molar-refractivity contribution in [3.8, 4) is 34.5 Å². The van der Waals surface area contributed by atoms with E-state index in [1.807, 2.05) is 24.3 Å². The smallest absolute Gasteiger partial charge is 0.330 e. The Bertz CT molecular complexity index is 3090. The summed E-state index contributed by atoms with van der Waals surface area (Å²) in [6.45, 7) is 8.58. The Kier molecular flexibility index (Phi) is 24.0. The lowest BCUT2D eigenvalue weighted by atomic mass is 9.82. The molecule has 0 bridgehead atoms. The molecule has 2 aliphatic rings. The minimum atomic E-state index is -0.426. The third kappa shape index (κ3) is 19.4. The number of nitrogen functional groups attached to an aromatic ring is 1. The van der Waals surface area contributed by atoms with Crippen molar-refractivity contribution in [2.75, 3.05) is 32.2 Å². The molecule has 2 fully saturated rings. The number of aromatic nitrogens is 1. The van der Waals surface area contributed by atoms with Crippen LogP contribution in [0.3, 0.4) is 0 Å². The van der Waals surface area contributed by atoms with Gasteiger partial charge in [-0.1, -0.05) is 42.7 Å². The standard InChI is InChI=1S/C57H65NO14.C7H6N2S/c1-3-52(59)67-33-11-7-5-9-31-65-46-23-27-48(28-24-46)69-54(61)39-13-15-41(16-14-39)56(63)71-50-22-21-43-37-51(45(38-58)35-44(43)36-50)72-57(64)42-19-17-40(18-20-42)55(62)70-49-29-25-47(26-30-49)66-32-10-6-8-12-34-68-53(60)4-2;8-7-9-5-3-1-2-4-6(5)10-7/h3-4,21-30,35-42,58H,1-2,5-20,31-34H2;1-4H,(H2,8,9). The quantitative estimate of drug-likeness (QED) is 0.0160. The van der Waals surface area contributed by atoms with E-state index >= 15 is 0 Å². The molecule has 0 radical (unpaired) electrons. The van der Waals surface area contributed by atoms with Gasteiger partial charge in [0, 0.05) is 23.9 Å². The highest BCUT2D eigenvalue weighted by atomic mass is 32.1. The van der Waals surface area contributed by atoms with Gasteiger partial charge in [0.1, 0.15) is 34.5 Å². The molecule has 0 amide bonds. The Hall–Kier alpha value is -8.38. The van der Waals surface area contributed by atoms with Crippen molar-refractivity contribution in [2.45, 2.75) is 103 Å². The molecule has 6 aromatic rings. The number of benzene rings is 5. The van der Waals surface area contributed by atoms with Crippen molar-refractivity contribution in [2.24, 2.45) is 23.7 Å². The fourth-order valence-corrected chi connectivity index (χ4v) is 10.2. The SMILES string of the molecule is C=CC(=O)OCCCCCCOc1ccc(OC(=O)C2CCC(C(=O)Oc3ccc4cc(OC(=O)C5CCC(C(=O)Oc6ccc(OCCCCCCOC(=O)C=C)cc6)CC5)c(C=N)cc4c3)CC2)cc1.Nc1nc2ccccc2s1. The highest BCUT2D eigenvalue weighted by Gasteiger charge is 2.34. The highest BCUT2D eigenvalue weighted by molar-refractivity contribution is 7.22. The van der Waals surface area contributed by atoms with Gasteiger partial charge in [0.2, 0.25) is 0 Å². The van der Waals surface area contributed by atoms with Gasteiger partial charge in [-0.05, 0) is 198 Å². The molecule has 2 aliphatic carbocycles. The van der Waals surface area contributed by atoms with E-state index in [2.05, 4.69) is 18.1 Å². The molecule has 1 aromatic heterocycles. The van der Waals surface area contributed by atoms with E-state index in [4.69, 9.17) is 49.0 Å². The first-order valence-corrected chi connectivity index (χ1v) is 28.8. The number of hydrogen-bond acceptors (Lipinski definition) is 18. The van der Waals surface area contributed by atoms with Crippen LogP contribution in [0, 0.1) is 29.1 Å². The van der Waals surface area contributed by atoms with Crippen LogP contribution in [0.5, 0.6) is 34.5 Å². The summed E-state index contributed by atoms with van der Waals surface area (Å²) >= 11 is 1.52. The van der Waals surface area contributed by atoms with E-state index in [1.165, 1.54) is 11.3 Å². The van der Waals surface area contributed by atoms with Gasteiger partial charge in [-0.3, -0.25) is 19.2 Å². The van der Waals surface area contributed by atoms with Crippen molar-refractivity contribution in [1.29, 1.82) is 5.41 Å². The molecule has 3 N–H and O–H groups in total. The summed E-state index contributed by atoms with van der Waals surface area (Å²) in [6, 6.07) is 30.3. The molecule has 8 rings (SSSR count). The maximum absolute atomic E-state index is 13.4. The molecule has 5 aromatic carbocycles. The number of ether oxygens (including phenoxy) is 8. The molecular weight excluding hydrogens is 1070 g/mol. The molecular formula is C64H71N3O14S. The highest BCUT2D eigenvalue weighted by Crippen LogP contribution is 2.36. The second-order valence-corrected chi connectivity index (χ2v) is 21.1. The Morgan fingerprint density at radius 3 is 1.37 bits per heavy atom. The van der Waals surface area contributed by atoms with Gasteiger partial charge in [0.25, 0.3) is 0 Å². The van der Waals surface area contributed by atoms with E-state index in [0.29, 0.717) is 123 Å². The number of nitrogens with zero attached hydrogens (tertiary/aromatic N) is 1. The van der Waals surface area contributed by atoms with Crippen LogP contribution in [0.25, 0.3) is 21.0 Å². The molecule has 1 heterocycles. The zero-order valence-corrected chi connectivity index (χ0v) is 46.9. The number of thiazole rings is 1. The average molecular weight is 1140 g/mol. The molecule has 432 valence electrons. The molecule has 18 heteroatoms. The van der Waals surface area contributed by atoms with Crippen LogP contribution in [0.15, 0.2) is 128 Å². The van der Waals surface area contributed by atoms with Crippen LogP contribution >= 0.6 is 11.3 Å². The lowest BCUT2D eigenvalue weighted by Gasteiger charge is -2.26. The van der Waals surface area contributed by atoms with Crippen LogP contribution in [0.4, 0.5) is 5.13 Å². The van der Waals surface area contributed by atoms with Crippen LogP contribution in [0.1, 0.15) is 108 Å². The number of unbranched alkanes of at least 4 members (excludes halogenated alkanes) is 6. The van der Waals surface area contributed by atoms with E-state index in [9.17, 15) is 28.8 Å². The molecule has 0 atom stereocenters. The van der Waals surface area contributed by atoms with Crippen molar-refractivity contribution >= 4 is 79.5 Å². The number of anilines is 1. The minimum absolute atomic E-state index is 0.243. The second kappa shape index (κ2) is 32.2. The van der Waals surface area contributed by atoms with Gasteiger partial charge in [-0.25, -0.2) is 14.6 Å². The Balaban J connectivity index is 0.000000864. The number of esters is 6. The molecule has 0 aliphatic heterocycles. The predicted molar refractivity (Wildman–Crippen MR) is 312 cm³/mol. The topological polar surface area (TPSA) is 239 Å². The number of hydrogen-bond donors (Lipinski definition) is 2. The first-order valence-electron chi connectivity index (χ1n) is 28.0. The summed E-state index contributed by atoms with van der Waals surface area (Å²) in [4.78, 5) is 79.0. The second-order valence-electron chi connectivity index (χ2n) is 20.1. The Morgan fingerprint density at radius 1 is 0.500 bits per heavy atom. The van der Waals surface area contributed by atoms with Crippen LogP contribution in [-0.2, 0) is 38.2 Å². The number of nitrogens with two attached hydrogens (primary N) is 1. The molecule has 0 unspecified atom stereocenters. The van der Waals surface area contributed by atoms with Crippen molar-refractivity contribution in [3.05, 3.63) is 134 Å². The van der Waals surface area contributed by atoms with Gasteiger partial charge < -0.3 is 49.0 Å². The maximum Gasteiger partial charge on any atom is 0.330 e. The molecule has 0 saturated heterocycles. The summed E-state index contributed by atoms with van der Waals surface area (Å²) in [5.41, 5.74) is 6.87. The summed E-state index contributed by atoms with van der Waals surface area (Å²) in [7, 11) is 0. The lowest BCUT2D eigenvalue weighted by molar-refractivity contribution is -0.145. The minimum Gasteiger partial charge on any atom is -0.494 e. The number of carbonyl (C=O) groups is 6. The first kappa shape index (κ1) is 61.2. The number of para-hydroxylation sites is 1.